The molecule has 3 N–H and O–H groups in total. The number of aliphatic hydroxyl groups excluding tert-OH is 2. The summed E-state index contributed by atoms with van der Waals surface area (Å²) >= 11 is 0. The molecule has 0 saturated carbocycles. The highest BCUT2D eigenvalue weighted by atomic mass is 16.5. The molecule has 2 aromatic rings. The second kappa shape index (κ2) is 12.9. The summed E-state index contributed by atoms with van der Waals surface area (Å²) in [6.07, 6.45) is 6.51. The van der Waals surface area contributed by atoms with Crippen molar-refractivity contribution in [1.82, 2.24) is 10.3 Å². The largest absolute Gasteiger partial charge is 0.494 e. The minimum atomic E-state index is -0.661. The summed E-state index contributed by atoms with van der Waals surface area (Å²) in [5.41, 5.74) is 3.47. The zero-order valence-electron chi connectivity index (χ0n) is 21.6. The number of hydrogen-bond donors (Lipinski definition) is 3. The standard InChI is InChI=1S/C28H41N3O4/c1-19(2)23-7-8-26(29-16-23)31-11-9-22(10-12-31)6-5-13-35-25-14-20(3)27(21(4)15-25)28(34)30-24(17-32)18-33/h7-8,14-16,19,22,24,32-33H,5-6,9-13,17-18H2,1-4H3,(H,30,34). The Kier molecular flexibility index (Phi) is 9.93. The molecule has 1 saturated heterocycles. The van der Waals surface area contributed by atoms with E-state index in [1.807, 2.05) is 32.2 Å². The fourth-order valence-electron chi connectivity index (χ4n) is 4.71. The first-order valence-electron chi connectivity index (χ1n) is 12.8. The Balaban J connectivity index is 1.42. The van der Waals surface area contributed by atoms with E-state index in [-0.39, 0.29) is 19.1 Å². The molecule has 7 nitrogen and oxygen atoms in total. The van der Waals surface area contributed by atoms with Crippen LogP contribution in [0, 0.1) is 19.8 Å². The van der Waals surface area contributed by atoms with E-state index in [1.54, 1.807) is 0 Å². The van der Waals surface area contributed by atoms with Crippen molar-refractivity contribution in [2.45, 2.75) is 65.3 Å². The maximum absolute atomic E-state index is 12.5. The molecule has 0 atom stereocenters. The van der Waals surface area contributed by atoms with Crippen LogP contribution in [-0.4, -0.2) is 60.1 Å². The molecule has 3 rings (SSSR count). The average molecular weight is 484 g/mol. The number of aryl methyl sites for hydroxylation is 2. The second-order valence-corrected chi connectivity index (χ2v) is 9.99. The van der Waals surface area contributed by atoms with Crippen molar-refractivity contribution in [3.05, 3.63) is 52.7 Å². The molecular weight excluding hydrogens is 442 g/mol. The topological polar surface area (TPSA) is 94.9 Å². The number of hydrogen-bond acceptors (Lipinski definition) is 6. The van der Waals surface area contributed by atoms with Crippen LogP contribution in [0.1, 0.15) is 72.5 Å². The number of amides is 1. The third-order valence-electron chi connectivity index (χ3n) is 6.91. The quantitative estimate of drug-likeness (QED) is 0.419. The third kappa shape index (κ3) is 7.42. The number of carbonyl (C=O) groups is 1. The Morgan fingerprint density at radius 3 is 2.34 bits per heavy atom. The predicted molar refractivity (Wildman–Crippen MR) is 139 cm³/mol. The molecule has 0 radical (unpaired) electrons. The zero-order chi connectivity index (χ0) is 25.4. The van der Waals surface area contributed by atoms with Gasteiger partial charge in [0.25, 0.3) is 5.91 Å². The van der Waals surface area contributed by atoms with E-state index < -0.39 is 6.04 Å². The summed E-state index contributed by atoms with van der Waals surface area (Å²) in [7, 11) is 0. The van der Waals surface area contributed by atoms with Crippen LogP contribution < -0.4 is 15.0 Å². The van der Waals surface area contributed by atoms with E-state index in [2.05, 4.69) is 41.2 Å². The Bertz CT molecular complexity index is 926. The molecule has 0 aliphatic carbocycles. The van der Waals surface area contributed by atoms with Crippen LogP contribution in [-0.2, 0) is 0 Å². The second-order valence-electron chi connectivity index (χ2n) is 9.99. The summed E-state index contributed by atoms with van der Waals surface area (Å²) in [4.78, 5) is 19.6. The van der Waals surface area contributed by atoms with E-state index in [0.717, 1.165) is 48.6 Å². The van der Waals surface area contributed by atoms with Gasteiger partial charge in [0.1, 0.15) is 11.6 Å². The maximum atomic E-state index is 12.5. The van der Waals surface area contributed by atoms with Gasteiger partial charge in [-0.15, -0.1) is 0 Å². The number of nitrogens with one attached hydrogen (secondary N) is 1. The van der Waals surface area contributed by atoms with Gasteiger partial charge in [-0.05, 0) is 86.3 Å². The smallest absolute Gasteiger partial charge is 0.252 e. The molecule has 1 aromatic heterocycles. The van der Waals surface area contributed by atoms with Crippen LogP contribution in [0.25, 0.3) is 0 Å². The molecule has 1 amide bonds. The van der Waals surface area contributed by atoms with Crippen LogP contribution in [0.15, 0.2) is 30.5 Å². The Morgan fingerprint density at radius 1 is 1.14 bits per heavy atom. The lowest BCUT2D eigenvalue weighted by Gasteiger charge is -2.33. The minimum absolute atomic E-state index is 0.294. The fraction of sp³-hybridized carbons (Fsp3) is 0.571. The van der Waals surface area contributed by atoms with E-state index in [0.29, 0.717) is 24.0 Å². The van der Waals surface area contributed by atoms with Crippen LogP contribution in [0.4, 0.5) is 5.82 Å². The number of aliphatic hydroxyl groups is 2. The number of nitrogens with zero attached hydrogens (tertiary/aromatic N) is 2. The summed E-state index contributed by atoms with van der Waals surface area (Å²) in [6.45, 7) is 10.3. The van der Waals surface area contributed by atoms with Gasteiger partial charge >= 0.3 is 0 Å². The van der Waals surface area contributed by atoms with E-state index in [1.165, 1.54) is 18.4 Å². The first kappa shape index (κ1) is 27.0. The van der Waals surface area contributed by atoms with Crippen molar-refractivity contribution in [3.63, 3.8) is 0 Å². The number of rotatable bonds is 11. The molecule has 1 fully saturated rings. The van der Waals surface area contributed by atoms with E-state index in [9.17, 15) is 15.0 Å². The van der Waals surface area contributed by atoms with Crippen molar-refractivity contribution >= 4 is 11.7 Å². The molecule has 2 heterocycles. The lowest BCUT2D eigenvalue weighted by atomic mass is 9.92. The number of carbonyl (C=O) groups excluding carboxylic acids is 1. The van der Waals surface area contributed by atoms with E-state index >= 15 is 0 Å². The van der Waals surface area contributed by atoms with Gasteiger partial charge in [-0.25, -0.2) is 4.98 Å². The number of ether oxygens (including phenoxy) is 1. The van der Waals surface area contributed by atoms with Gasteiger partial charge < -0.3 is 25.2 Å². The third-order valence-corrected chi connectivity index (χ3v) is 6.91. The lowest BCUT2D eigenvalue weighted by molar-refractivity contribution is 0.0878. The SMILES string of the molecule is Cc1cc(OCCCC2CCN(c3ccc(C(C)C)cn3)CC2)cc(C)c1C(=O)NC(CO)CO. The molecule has 192 valence electrons. The van der Waals surface area contributed by atoms with Crippen molar-refractivity contribution in [2.75, 3.05) is 37.8 Å². The van der Waals surface area contributed by atoms with Gasteiger partial charge in [-0.2, -0.15) is 0 Å². The van der Waals surface area contributed by atoms with Gasteiger partial charge in [0.2, 0.25) is 0 Å². The average Bonchev–Trinajstić information content (AvgIpc) is 2.85. The molecule has 35 heavy (non-hydrogen) atoms. The number of piperidine rings is 1. The summed E-state index contributed by atoms with van der Waals surface area (Å²) in [6, 6.07) is 7.45. The molecular formula is C28H41N3O4. The van der Waals surface area contributed by atoms with Crippen LogP contribution in [0.2, 0.25) is 0 Å². The monoisotopic (exact) mass is 483 g/mol. The number of aromatic nitrogens is 1. The van der Waals surface area contributed by atoms with Crippen molar-refractivity contribution < 1.29 is 19.7 Å². The molecule has 7 heteroatoms. The molecule has 0 unspecified atom stereocenters. The summed E-state index contributed by atoms with van der Waals surface area (Å²) in [5.74, 6) is 2.78. The van der Waals surface area contributed by atoms with Gasteiger partial charge in [0.15, 0.2) is 0 Å². The van der Waals surface area contributed by atoms with Crippen molar-refractivity contribution in [1.29, 1.82) is 0 Å². The highest BCUT2D eigenvalue weighted by Crippen LogP contribution is 2.27. The van der Waals surface area contributed by atoms with Gasteiger partial charge in [0.05, 0.1) is 25.9 Å². The van der Waals surface area contributed by atoms with Gasteiger partial charge in [-0.1, -0.05) is 19.9 Å². The number of pyridine rings is 1. The summed E-state index contributed by atoms with van der Waals surface area (Å²) < 4.78 is 6.01. The highest BCUT2D eigenvalue weighted by molar-refractivity contribution is 5.97. The molecule has 1 aliphatic rings. The fourth-order valence-corrected chi connectivity index (χ4v) is 4.71. The molecule has 1 aliphatic heterocycles. The van der Waals surface area contributed by atoms with Gasteiger partial charge in [-0.3, -0.25) is 4.79 Å². The van der Waals surface area contributed by atoms with Crippen LogP contribution in [0.3, 0.4) is 0 Å². The van der Waals surface area contributed by atoms with Crippen molar-refractivity contribution in [2.24, 2.45) is 5.92 Å². The normalized spacial score (nSPS) is 14.6. The maximum Gasteiger partial charge on any atom is 0.252 e. The predicted octanol–water partition coefficient (Wildman–Crippen LogP) is 3.98. The number of anilines is 1. The Morgan fingerprint density at radius 2 is 1.80 bits per heavy atom. The minimum Gasteiger partial charge on any atom is -0.494 e. The Labute approximate surface area is 209 Å². The van der Waals surface area contributed by atoms with Crippen molar-refractivity contribution in [3.8, 4) is 5.75 Å². The first-order chi connectivity index (χ1) is 16.8. The zero-order valence-corrected chi connectivity index (χ0v) is 21.6. The van der Waals surface area contributed by atoms with Crippen LogP contribution >= 0.6 is 0 Å². The summed E-state index contributed by atoms with van der Waals surface area (Å²) in [5, 5.41) is 21.1. The highest BCUT2D eigenvalue weighted by Gasteiger charge is 2.20. The molecule has 0 bridgehead atoms. The van der Waals surface area contributed by atoms with E-state index in [4.69, 9.17) is 4.74 Å². The number of benzene rings is 1. The molecule has 0 spiro atoms. The molecule has 1 aromatic carbocycles. The first-order valence-corrected chi connectivity index (χ1v) is 12.8. The van der Waals surface area contributed by atoms with Crippen LogP contribution in [0.5, 0.6) is 5.75 Å². The lowest BCUT2D eigenvalue weighted by Crippen LogP contribution is -2.40. The van der Waals surface area contributed by atoms with Gasteiger partial charge in [0, 0.05) is 24.8 Å². The Hall–Kier alpha value is -2.64.